The Balaban J connectivity index is 2.26. The molecule has 0 bridgehead atoms. The van der Waals surface area contributed by atoms with Crippen molar-refractivity contribution in [2.75, 3.05) is 32.7 Å². The molecule has 0 aromatic heterocycles. The van der Waals surface area contributed by atoms with Gasteiger partial charge < -0.3 is 15.1 Å². The molecule has 1 unspecified atom stereocenters. The number of likely N-dealkylation sites (tertiary alicyclic amines) is 1. The first-order chi connectivity index (χ1) is 9.60. The zero-order valence-electron chi connectivity index (χ0n) is 13.2. The normalized spacial score (nSPS) is 19.2. The van der Waals surface area contributed by atoms with Crippen LogP contribution in [0, 0.1) is 0 Å². The summed E-state index contributed by atoms with van der Waals surface area (Å²) >= 11 is 0. The van der Waals surface area contributed by atoms with Crippen LogP contribution < -0.4 is 5.32 Å². The molecule has 1 heterocycles. The lowest BCUT2D eigenvalue weighted by molar-refractivity contribution is -0.148. The topological polar surface area (TPSA) is 52.7 Å². The fraction of sp³-hybridized carbons (Fsp3) is 0.867. The Labute approximate surface area is 122 Å². The van der Waals surface area contributed by atoms with E-state index >= 15 is 0 Å². The van der Waals surface area contributed by atoms with E-state index in [-0.39, 0.29) is 11.9 Å². The van der Waals surface area contributed by atoms with E-state index in [1.54, 1.807) is 4.90 Å². The van der Waals surface area contributed by atoms with E-state index < -0.39 is 5.91 Å². The van der Waals surface area contributed by atoms with Gasteiger partial charge in [-0.05, 0) is 52.2 Å². The zero-order chi connectivity index (χ0) is 15.0. The molecule has 1 fully saturated rings. The van der Waals surface area contributed by atoms with Crippen molar-refractivity contribution >= 4 is 11.8 Å². The first-order valence-electron chi connectivity index (χ1n) is 7.91. The minimum absolute atomic E-state index is 0.192. The van der Waals surface area contributed by atoms with Crippen LogP contribution >= 0.6 is 0 Å². The number of hydrogen-bond donors (Lipinski definition) is 1. The molecule has 1 saturated heterocycles. The van der Waals surface area contributed by atoms with Crippen LogP contribution in [-0.2, 0) is 9.59 Å². The zero-order valence-corrected chi connectivity index (χ0v) is 13.2. The summed E-state index contributed by atoms with van der Waals surface area (Å²) in [5, 5.41) is 2.75. The molecule has 0 spiro atoms. The fourth-order valence-corrected chi connectivity index (χ4v) is 2.65. The van der Waals surface area contributed by atoms with Crippen molar-refractivity contribution in [3.05, 3.63) is 0 Å². The summed E-state index contributed by atoms with van der Waals surface area (Å²) in [7, 11) is 0. The van der Waals surface area contributed by atoms with Gasteiger partial charge in [0, 0.05) is 19.1 Å². The van der Waals surface area contributed by atoms with E-state index in [1.165, 1.54) is 0 Å². The van der Waals surface area contributed by atoms with Gasteiger partial charge in [0.15, 0.2) is 0 Å². The van der Waals surface area contributed by atoms with Crippen molar-refractivity contribution in [3.63, 3.8) is 0 Å². The molecular weight excluding hydrogens is 254 g/mol. The third kappa shape index (κ3) is 5.12. The Morgan fingerprint density at radius 2 is 1.95 bits per heavy atom. The van der Waals surface area contributed by atoms with E-state index in [9.17, 15) is 9.59 Å². The van der Waals surface area contributed by atoms with Gasteiger partial charge in [0.25, 0.3) is 0 Å². The fourth-order valence-electron chi connectivity index (χ4n) is 2.65. The molecule has 1 atom stereocenters. The van der Waals surface area contributed by atoms with E-state index in [0.29, 0.717) is 13.1 Å². The van der Waals surface area contributed by atoms with Crippen LogP contribution in [0.5, 0.6) is 0 Å². The lowest BCUT2D eigenvalue weighted by Crippen LogP contribution is -2.49. The lowest BCUT2D eigenvalue weighted by atomic mass is 10.0. The monoisotopic (exact) mass is 283 g/mol. The summed E-state index contributed by atoms with van der Waals surface area (Å²) in [6, 6.07) is 0.192. The van der Waals surface area contributed by atoms with E-state index in [2.05, 4.69) is 24.1 Å². The van der Waals surface area contributed by atoms with Gasteiger partial charge in [-0.25, -0.2) is 0 Å². The summed E-state index contributed by atoms with van der Waals surface area (Å²) in [4.78, 5) is 27.9. The maximum Gasteiger partial charge on any atom is 0.312 e. The standard InChI is InChI=1S/C15H29N3O2/c1-4-17(5-2)11-8-10-16-14(19)15(20)18-12-7-6-9-13(18)3/h13H,4-12H2,1-3H3,(H,16,19). The van der Waals surface area contributed by atoms with Crippen molar-refractivity contribution in [2.45, 2.75) is 52.5 Å². The molecule has 20 heavy (non-hydrogen) atoms. The number of nitrogens with one attached hydrogen (secondary N) is 1. The van der Waals surface area contributed by atoms with Crippen molar-refractivity contribution in [1.29, 1.82) is 0 Å². The van der Waals surface area contributed by atoms with Gasteiger partial charge in [-0.15, -0.1) is 0 Å². The van der Waals surface area contributed by atoms with Crippen LogP contribution in [0.2, 0.25) is 0 Å². The van der Waals surface area contributed by atoms with Crippen LogP contribution in [-0.4, -0.2) is 60.4 Å². The summed E-state index contributed by atoms with van der Waals surface area (Å²) in [5.74, 6) is -0.807. The lowest BCUT2D eigenvalue weighted by Gasteiger charge is -2.32. The van der Waals surface area contributed by atoms with Gasteiger partial charge in [0.05, 0.1) is 0 Å². The van der Waals surface area contributed by atoms with Gasteiger partial charge in [-0.2, -0.15) is 0 Å². The van der Waals surface area contributed by atoms with Gasteiger partial charge in [-0.3, -0.25) is 9.59 Å². The Hall–Kier alpha value is -1.10. The Morgan fingerprint density at radius 3 is 2.55 bits per heavy atom. The summed E-state index contributed by atoms with van der Waals surface area (Å²) in [6.45, 7) is 10.6. The van der Waals surface area contributed by atoms with Crippen LogP contribution in [0.1, 0.15) is 46.5 Å². The number of hydrogen-bond acceptors (Lipinski definition) is 3. The molecule has 1 N–H and O–H groups in total. The van der Waals surface area contributed by atoms with Crippen LogP contribution in [0.15, 0.2) is 0 Å². The van der Waals surface area contributed by atoms with Crippen LogP contribution in [0.4, 0.5) is 0 Å². The first-order valence-corrected chi connectivity index (χ1v) is 7.91. The predicted octanol–water partition coefficient (Wildman–Crippen LogP) is 1.24. The predicted molar refractivity (Wildman–Crippen MR) is 80.4 cm³/mol. The summed E-state index contributed by atoms with van der Waals surface area (Å²) < 4.78 is 0. The minimum atomic E-state index is -0.446. The molecule has 0 radical (unpaired) electrons. The van der Waals surface area contributed by atoms with Crippen molar-refractivity contribution < 1.29 is 9.59 Å². The third-order valence-corrected chi connectivity index (χ3v) is 4.09. The highest BCUT2D eigenvalue weighted by atomic mass is 16.2. The number of carbonyl (C=O) groups excluding carboxylic acids is 2. The average Bonchev–Trinajstić information content (AvgIpc) is 2.47. The maximum atomic E-state index is 12.1. The second-order valence-electron chi connectivity index (χ2n) is 5.48. The van der Waals surface area contributed by atoms with Gasteiger partial charge in [0.1, 0.15) is 0 Å². The van der Waals surface area contributed by atoms with Crippen molar-refractivity contribution in [1.82, 2.24) is 15.1 Å². The summed E-state index contributed by atoms with van der Waals surface area (Å²) in [5.41, 5.74) is 0. The largest absolute Gasteiger partial charge is 0.348 e. The molecule has 0 aromatic rings. The quantitative estimate of drug-likeness (QED) is 0.589. The third-order valence-electron chi connectivity index (χ3n) is 4.09. The number of rotatable bonds is 6. The van der Waals surface area contributed by atoms with Crippen molar-refractivity contribution in [2.24, 2.45) is 0 Å². The van der Waals surface area contributed by atoms with Gasteiger partial charge in [-0.1, -0.05) is 13.8 Å². The average molecular weight is 283 g/mol. The molecule has 1 aliphatic heterocycles. The van der Waals surface area contributed by atoms with E-state index in [4.69, 9.17) is 0 Å². The minimum Gasteiger partial charge on any atom is -0.348 e. The molecule has 0 aromatic carbocycles. The maximum absolute atomic E-state index is 12.1. The first kappa shape index (κ1) is 17.0. The molecule has 0 saturated carbocycles. The SMILES string of the molecule is CCN(CC)CCCNC(=O)C(=O)N1CCCCC1C. The van der Waals surface area contributed by atoms with Gasteiger partial charge >= 0.3 is 11.8 Å². The highest BCUT2D eigenvalue weighted by Gasteiger charge is 2.27. The van der Waals surface area contributed by atoms with Crippen molar-refractivity contribution in [3.8, 4) is 0 Å². The van der Waals surface area contributed by atoms with Gasteiger partial charge in [0.2, 0.25) is 0 Å². The van der Waals surface area contributed by atoms with Crippen LogP contribution in [0.25, 0.3) is 0 Å². The molecule has 5 heteroatoms. The van der Waals surface area contributed by atoms with E-state index in [0.717, 1.165) is 45.3 Å². The number of piperidine rings is 1. The molecule has 116 valence electrons. The highest BCUT2D eigenvalue weighted by molar-refractivity contribution is 6.35. The molecule has 2 amide bonds. The number of amides is 2. The Bertz CT molecular complexity index is 316. The Morgan fingerprint density at radius 1 is 1.25 bits per heavy atom. The number of carbonyl (C=O) groups is 2. The molecule has 1 rings (SSSR count). The molecule has 1 aliphatic rings. The molecule has 0 aliphatic carbocycles. The highest BCUT2D eigenvalue weighted by Crippen LogP contribution is 2.16. The molecular formula is C15H29N3O2. The summed E-state index contributed by atoms with van der Waals surface area (Å²) in [6.07, 6.45) is 4.04. The number of nitrogens with zero attached hydrogens (tertiary/aromatic N) is 2. The second-order valence-corrected chi connectivity index (χ2v) is 5.48. The van der Waals surface area contributed by atoms with Crippen LogP contribution in [0.3, 0.4) is 0 Å². The molecule has 5 nitrogen and oxygen atoms in total. The second kappa shape index (κ2) is 8.95. The Kier molecular flexibility index (Phi) is 7.59. The van der Waals surface area contributed by atoms with E-state index in [1.807, 2.05) is 6.92 Å². The smallest absolute Gasteiger partial charge is 0.312 e.